The minimum absolute atomic E-state index is 0.191. The highest BCUT2D eigenvalue weighted by molar-refractivity contribution is 6.35. The van der Waals surface area contributed by atoms with Crippen LogP contribution in [0, 0.1) is 5.82 Å². The van der Waals surface area contributed by atoms with Gasteiger partial charge in [0.15, 0.2) is 0 Å². The molecule has 1 unspecified atom stereocenters. The number of aliphatic hydroxyl groups excluding tert-OH is 1. The van der Waals surface area contributed by atoms with Crippen molar-refractivity contribution in [2.24, 2.45) is 0 Å². The molecule has 0 bridgehead atoms. The smallest absolute Gasteiger partial charge is 0.268 e. The number of rotatable bonds is 2. The van der Waals surface area contributed by atoms with Gasteiger partial charge in [-0.2, -0.15) is 0 Å². The van der Waals surface area contributed by atoms with Crippen LogP contribution in [0.25, 0.3) is 0 Å². The van der Waals surface area contributed by atoms with Gasteiger partial charge < -0.3 is 5.11 Å². The van der Waals surface area contributed by atoms with E-state index in [1.807, 2.05) is 0 Å². The largest absolute Gasteiger partial charge is 0.382 e. The Morgan fingerprint density at radius 2 is 1.71 bits per heavy atom. The van der Waals surface area contributed by atoms with E-state index in [4.69, 9.17) is 28.3 Å². The van der Waals surface area contributed by atoms with Crippen molar-refractivity contribution in [1.29, 1.82) is 0 Å². The van der Waals surface area contributed by atoms with Gasteiger partial charge >= 0.3 is 0 Å². The maximum Gasteiger partial charge on any atom is 0.268 e. The molecule has 1 aromatic rings. The standard InChI is InChI=1S/C8H5Cl2F3O/c9-4-2-5(10)6(11)1-3(4)7(14)8(12)13/h1-2,7-8,14H. The Morgan fingerprint density at radius 1 is 1.14 bits per heavy atom. The van der Waals surface area contributed by atoms with Gasteiger partial charge in [-0.25, -0.2) is 13.2 Å². The monoisotopic (exact) mass is 244 g/mol. The quantitative estimate of drug-likeness (QED) is 0.791. The van der Waals surface area contributed by atoms with Gasteiger partial charge in [-0.15, -0.1) is 0 Å². The van der Waals surface area contributed by atoms with E-state index >= 15 is 0 Å². The molecule has 0 aliphatic heterocycles. The van der Waals surface area contributed by atoms with E-state index in [1.165, 1.54) is 0 Å². The molecule has 78 valence electrons. The minimum Gasteiger partial charge on any atom is -0.382 e. The summed E-state index contributed by atoms with van der Waals surface area (Å²) in [5, 5.41) is 8.48. The van der Waals surface area contributed by atoms with Gasteiger partial charge in [-0.3, -0.25) is 0 Å². The van der Waals surface area contributed by atoms with E-state index in [9.17, 15) is 13.2 Å². The lowest BCUT2D eigenvalue weighted by Crippen LogP contribution is -2.09. The van der Waals surface area contributed by atoms with Crippen LogP contribution in [0.15, 0.2) is 12.1 Å². The summed E-state index contributed by atoms with van der Waals surface area (Å²) in [6.07, 6.45) is -5.12. The summed E-state index contributed by atoms with van der Waals surface area (Å²) in [7, 11) is 0. The van der Waals surface area contributed by atoms with Gasteiger partial charge in [-0.1, -0.05) is 23.2 Å². The van der Waals surface area contributed by atoms with E-state index in [2.05, 4.69) is 0 Å². The zero-order valence-corrected chi connectivity index (χ0v) is 8.16. The second kappa shape index (κ2) is 4.38. The lowest BCUT2D eigenvalue weighted by atomic mass is 10.1. The number of aliphatic hydroxyl groups is 1. The Hall–Kier alpha value is -0.450. The van der Waals surface area contributed by atoms with Gasteiger partial charge in [0, 0.05) is 10.6 Å². The molecule has 0 aromatic heterocycles. The van der Waals surface area contributed by atoms with Crippen molar-refractivity contribution in [2.45, 2.75) is 12.5 Å². The fourth-order valence-electron chi connectivity index (χ4n) is 0.900. The van der Waals surface area contributed by atoms with Gasteiger partial charge in [0.25, 0.3) is 6.43 Å². The second-order valence-electron chi connectivity index (χ2n) is 2.57. The fourth-order valence-corrected chi connectivity index (χ4v) is 1.40. The van der Waals surface area contributed by atoms with Crippen LogP contribution in [0.5, 0.6) is 0 Å². The minimum atomic E-state index is -3.02. The maximum atomic E-state index is 12.8. The molecule has 0 saturated carbocycles. The molecule has 0 heterocycles. The molecule has 1 rings (SSSR count). The van der Waals surface area contributed by atoms with Crippen molar-refractivity contribution in [1.82, 2.24) is 0 Å². The van der Waals surface area contributed by atoms with E-state index < -0.39 is 18.3 Å². The fraction of sp³-hybridized carbons (Fsp3) is 0.250. The second-order valence-corrected chi connectivity index (χ2v) is 3.38. The Bertz CT molecular complexity index is 344. The summed E-state index contributed by atoms with van der Waals surface area (Å²) < 4.78 is 37.0. The predicted octanol–water partition coefficient (Wildman–Crippen LogP) is 3.43. The van der Waals surface area contributed by atoms with Crippen molar-refractivity contribution < 1.29 is 18.3 Å². The molecule has 0 aliphatic rings. The highest BCUT2D eigenvalue weighted by atomic mass is 35.5. The Balaban J connectivity index is 3.15. The van der Waals surface area contributed by atoms with E-state index in [0.717, 1.165) is 6.07 Å². The molecule has 1 N–H and O–H groups in total. The summed E-state index contributed by atoms with van der Waals surface area (Å²) in [6, 6.07) is 1.67. The Morgan fingerprint density at radius 3 is 2.21 bits per heavy atom. The summed E-state index contributed by atoms with van der Waals surface area (Å²) in [6.45, 7) is 0. The first kappa shape index (κ1) is 11.6. The summed E-state index contributed by atoms with van der Waals surface area (Å²) in [5.41, 5.74) is -0.372. The zero-order valence-electron chi connectivity index (χ0n) is 6.65. The van der Waals surface area contributed by atoms with Crippen LogP contribution in [0.1, 0.15) is 11.7 Å². The lowest BCUT2D eigenvalue weighted by molar-refractivity contribution is -0.00586. The van der Waals surface area contributed by atoms with Gasteiger partial charge in [0.2, 0.25) is 0 Å². The van der Waals surface area contributed by atoms with Crippen molar-refractivity contribution in [3.8, 4) is 0 Å². The zero-order chi connectivity index (χ0) is 10.9. The summed E-state index contributed by atoms with van der Waals surface area (Å²) >= 11 is 10.8. The van der Waals surface area contributed by atoms with Crippen molar-refractivity contribution in [2.75, 3.05) is 0 Å². The molecular formula is C8H5Cl2F3O. The van der Waals surface area contributed by atoms with Crippen LogP contribution in [0.3, 0.4) is 0 Å². The Labute approximate surface area is 88.1 Å². The number of benzene rings is 1. The molecular weight excluding hydrogens is 240 g/mol. The number of alkyl halides is 2. The lowest BCUT2D eigenvalue weighted by Gasteiger charge is -2.11. The van der Waals surface area contributed by atoms with Gasteiger partial charge in [0.1, 0.15) is 11.9 Å². The predicted molar refractivity (Wildman–Crippen MR) is 47.4 cm³/mol. The Kier molecular flexibility index (Phi) is 3.64. The average molecular weight is 245 g/mol. The van der Waals surface area contributed by atoms with E-state index in [0.29, 0.717) is 6.07 Å². The van der Waals surface area contributed by atoms with Crippen LogP contribution in [0.2, 0.25) is 10.0 Å². The third-order valence-electron chi connectivity index (χ3n) is 1.60. The highest BCUT2D eigenvalue weighted by Gasteiger charge is 2.23. The van der Waals surface area contributed by atoms with Crippen LogP contribution in [-0.4, -0.2) is 11.5 Å². The molecule has 0 saturated heterocycles. The summed E-state index contributed by atoms with van der Waals surface area (Å²) in [4.78, 5) is 0. The normalized spacial score (nSPS) is 13.4. The number of hydrogen-bond donors (Lipinski definition) is 1. The molecule has 0 spiro atoms. The molecule has 1 atom stereocenters. The number of hydrogen-bond acceptors (Lipinski definition) is 1. The van der Waals surface area contributed by atoms with Crippen LogP contribution in [-0.2, 0) is 0 Å². The van der Waals surface area contributed by atoms with E-state index in [1.54, 1.807) is 0 Å². The highest BCUT2D eigenvalue weighted by Crippen LogP contribution is 2.31. The first-order chi connectivity index (χ1) is 6.43. The third-order valence-corrected chi connectivity index (χ3v) is 2.21. The molecule has 14 heavy (non-hydrogen) atoms. The molecule has 0 radical (unpaired) electrons. The van der Waals surface area contributed by atoms with Crippen molar-refractivity contribution >= 4 is 23.2 Å². The topological polar surface area (TPSA) is 20.2 Å². The first-order valence-electron chi connectivity index (χ1n) is 3.54. The van der Waals surface area contributed by atoms with Crippen molar-refractivity contribution in [3.05, 3.63) is 33.6 Å². The van der Waals surface area contributed by atoms with Crippen LogP contribution >= 0.6 is 23.2 Å². The van der Waals surface area contributed by atoms with E-state index in [-0.39, 0.29) is 15.6 Å². The van der Waals surface area contributed by atoms with Gasteiger partial charge in [-0.05, 0) is 12.1 Å². The van der Waals surface area contributed by atoms with Crippen LogP contribution < -0.4 is 0 Å². The van der Waals surface area contributed by atoms with Crippen molar-refractivity contribution in [3.63, 3.8) is 0 Å². The molecule has 1 nitrogen and oxygen atoms in total. The van der Waals surface area contributed by atoms with Crippen LogP contribution in [0.4, 0.5) is 13.2 Å². The molecule has 1 aromatic carbocycles. The maximum absolute atomic E-state index is 12.8. The third kappa shape index (κ3) is 2.32. The average Bonchev–Trinajstić information content (AvgIpc) is 2.10. The molecule has 0 aliphatic carbocycles. The molecule has 0 amide bonds. The number of halogens is 5. The summed E-state index contributed by atoms with van der Waals surface area (Å²) in [5.74, 6) is -0.897. The molecule has 0 fully saturated rings. The SMILES string of the molecule is OC(c1cc(F)c(Cl)cc1Cl)C(F)F. The first-order valence-corrected chi connectivity index (χ1v) is 4.29. The van der Waals surface area contributed by atoms with Gasteiger partial charge in [0.05, 0.1) is 5.02 Å². The molecule has 6 heteroatoms.